The average molecular weight is 295 g/mol. The van der Waals surface area contributed by atoms with E-state index in [1.54, 1.807) is 6.07 Å². The van der Waals surface area contributed by atoms with Crippen molar-refractivity contribution >= 4 is 5.91 Å². The molecule has 0 aliphatic heterocycles. The van der Waals surface area contributed by atoms with Crippen molar-refractivity contribution in [3.63, 3.8) is 0 Å². The van der Waals surface area contributed by atoms with Gasteiger partial charge < -0.3 is 10.4 Å². The fraction of sp³-hybridized carbons (Fsp3) is 0.133. The molecule has 1 unspecified atom stereocenters. The van der Waals surface area contributed by atoms with E-state index in [9.17, 15) is 23.1 Å². The number of benzene rings is 2. The molecule has 0 saturated carbocycles. The van der Waals surface area contributed by atoms with Gasteiger partial charge in [0.1, 0.15) is 17.5 Å². The number of nitrogens with one attached hydrogen (secondary N) is 1. The van der Waals surface area contributed by atoms with Crippen molar-refractivity contribution in [2.75, 3.05) is 6.54 Å². The van der Waals surface area contributed by atoms with Crippen LogP contribution in [0.1, 0.15) is 22.0 Å². The summed E-state index contributed by atoms with van der Waals surface area (Å²) in [7, 11) is 0. The highest BCUT2D eigenvalue weighted by Crippen LogP contribution is 2.16. The predicted molar refractivity (Wildman–Crippen MR) is 70.1 cm³/mol. The number of carbonyl (C=O) groups excluding carboxylic acids is 1. The minimum Gasteiger partial charge on any atom is -0.386 e. The summed E-state index contributed by atoms with van der Waals surface area (Å²) in [6.45, 7) is -0.295. The lowest BCUT2D eigenvalue weighted by Crippen LogP contribution is -2.29. The summed E-state index contributed by atoms with van der Waals surface area (Å²) >= 11 is 0. The topological polar surface area (TPSA) is 49.3 Å². The van der Waals surface area contributed by atoms with Crippen LogP contribution in [0.2, 0.25) is 0 Å². The molecule has 1 atom stereocenters. The van der Waals surface area contributed by atoms with E-state index in [1.807, 2.05) is 0 Å². The highest BCUT2D eigenvalue weighted by molar-refractivity contribution is 5.94. The Morgan fingerprint density at radius 3 is 2.48 bits per heavy atom. The number of aliphatic hydroxyl groups excluding tert-OH is 1. The standard InChI is InChI=1S/C15H12F3NO2/c16-9-5-6-11(13(18)7-9)15(21)19-8-14(20)10-3-1-2-4-12(10)17/h1-7,14,20H,8H2,(H,19,21). The summed E-state index contributed by atoms with van der Waals surface area (Å²) in [4.78, 5) is 11.7. The summed E-state index contributed by atoms with van der Waals surface area (Å²) < 4.78 is 39.5. The first-order valence-corrected chi connectivity index (χ1v) is 6.15. The molecule has 0 saturated heterocycles. The third-order valence-corrected chi connectivity index (χ3v) is 2.90. The van der Waals surface area contributed by atoms with Crippen molar-refractivity contribution in [2.24, 2.45) is 0 Å². The number of hydrogen-bond donors (Lipinski definition) is 2. The van der Waals surface area contributed by atoms with Crippen molar-refractivity contribution in [3.8, 4) is 0 Å². The lowest BCUT2D eigenvalue weighted by atomic mass is 10.1. The highest BCUT2D eigenvalue weighted by Gasteiger charge is 2.16. The molecule has 21 heavy (non-hydrogen) atoms. The highest BCUT2D eigenvalue weighted by atomic mass is 19.1. The summed E-state index contributed by atoms with van der Waals surface area (Å²) in [5, 5.41) is 12.1. The van der Waals surface area contributed by atoms with E-state index in [0.717, 1.165) is 12.1 Å². The Bertz CT molecular complexity index is 661. The van der Waals surface area contributed by atoms with Gasteiger partial charge in [0.2, 0.25) is 0 Å². The predicted octanol–water partition coefficient (Wildman–Crippen LogP) is 2.57. The molecule has 3 nitrogen and oxygen atoms in total. The molecule has 110 valence electrons. The first-order valence-electron chi connectivity index (χ1n) is 6.15. The van der Waals surface area contributed by atoms with Crippen LogP contribution in [-0.2, 0) is 0 Å². The Balaban J connectivity index is 2.02. The largest absolute Gasteiger partial charge is 0.386 e. The van der Waals surface area contributed by atoms with Crippen LogP contribution >= 0.6 is 0 Å². The normalized spacial score (nSPS) is 12.0. The Hall–Kier alpha value is -2.34. The number of aliphatic hydroxyl groups is 1. The Morgan fingerprint density at radius 1 is 1.10 bits per heavy atom. The van der Waals surface area contributed by atoms with Gasteiger partial charge in [0, 0.05) is 18.2 Å². The number of carbonyl (C=O) groups is 1. The Labute approximate surface area is 119 Å². The maximum absolute atomic E-state index is 13.4. The van der Waals surface area contributed by atoms with E-state index in [4.69, 9.17) is 0 Å². The summed E-state index contributed by atoms with van der Waals surface area (Å²) in [5.41, 5.74) is -0.325. The zero-order valence-corrected chi connectivity index (χ0v) is 10.8. The maximum Gasteiger partial charge on any atom is 0.254 e. The second kappa shape index (κ2) is 6.41. The molecule has 0 heterocycles. The van der Waals surface area contributed by atoms with Gasteiger partial charge in [-0.3, -0.25) is 4.79 Å². The van der Waals surface area contributed by atoms with Gasteiger partial charge in [0.05, 0.1) is 11.7 Å². The molecule has 0 radical (unpaired) electrons. The lowest BCUT2D eigenvalue weighted by molar-refractivity contribution is 0.0910. The number of amides is 1. The average Bonchev–Trinajstić information content (AvgIpc) is 2.45. The third kappa shape index (κ3) is 3.61. The van der Waals surface area contributed by atoms with Crippen molar-refractivity contribution in [3.05, 3.63) is 71.0 Å². The van der Waals surface area contributed by atoms with Crippen molar-refractivity contribution in [1.82, 2.24) is 5.32 Å². The molecule has 1 amide bonds. The van der Waals surface area contributed by atoms with Crippen molar-refractivity contribution in [1.29, 1.82) is 0 Å². The monoisotopic (exact) mass is 295 g/mol. The van der Waals surface area contributed by atoms with Crippen molar-refractivity contribution in [2.45, 2.75) is 6.10 Å². The van der Waals surface area contributed by atoms with Gasteiger partial charge in [-0.05, 0) is 18.2 Å². The van der Waals surface area contributed by atoms with E-state index in [-0.39, 0.29) is 17.7 Å². The zero-order valence-electron chi connectivity index (χ0n) is 10.8. The second-order valence-electron chi connectivity index (χ2n) is 4.37. The maximum atomic E-state index is 13.4. The molecule has 6 heteroatoms. The SMILES string of the molecule is O=C(NCC(O)c1ccccc1F)c1ccc(F)cc1F. The van der Waals surface area contributed by atoms with Gasteiger partial charge in [-0.15, -0.1) is 0 Å². The Morgan fingerprint density at radius 2 is 1.81 bits per heavy atom. The quantitative estimate of drug-likeness (QED) is 0.911. The molecule has 0 spiro atoms. The van der Waals surface area contributed by atoms with Crippen LogP contribution in [-0.4, -0.2) is 17.6 Å². The molecule has 0 fully saturated rings. The van der Waals surface area contributed by atoms with Gasteiger partial charge in [0.25, 0.3) is 5.91 Å². The molecule has 2 N–H and O–H groups in total. The molecule has 2 aromatic rings. The van der Waals surface area contributed by atoms with Gasteiger partial charge in [-0.25, -0.2) is 13.2 Å². The molecule has 2 aromatic carbocycles. The fourth-order valence-corrected chi connectivity index (χ4v) is 1.81. The van der Waals surface area contributed by atoms with Crippen LogP contribution in [0.4, 0.5) is 13.2 Å². The van der Waals surface area contributed by atoms with Gasteiger partial charge >= 0.3 is 0 Å². The van der Waals surface area contributed by atoms with E-state index >= 15 is 0 Å². The zero-order chi connectivity index (χ0) is 15.4. The third-order valence-electron chi connectivity index (χ3n) is 2.90. The van der Waals surface area contributed by atoms with Gasteiger partial charge in [-0.1, -0.05) is 18.2 Å². The van der Waals surface area contributed by atoms with Crippen LogP contribution in [0.5, 0.6) is 0 Å². The number of halogens is 3. The summed E-state index contributed by atoms with van der Waals surface area (Å²) in [6.07, 6.45) is -1.27. The summed E-state index contributed by atoms with van der Waals surface area (Å²) in [6, 6.07) is 8.11. The van der Waals surface area contributed by atoms with Crippen LogP contribution in [0.15, 0.2) is 42.5 Å². The Kier molecular flexibility index (Phi) is 4.59. The number of rotatable bonds is 4. The van der Waals surface area contributed by atoms with Crippen LogP contribution in [0.25, 0.3) is 0 Å². The fourth-order valence-electron chi connectivity index (χ4n) is 1.81. The summed E-state index contributed by atoms with van der Waals surface area (Å²) in [5.74, 6) is -3.22. The minimum atomic E-state index is -1.27. The molecular weight excluding hydrogens is 283 g/mol. The molecule has 0 aromatic heterocycles. The minimum absolute atomic E-state index is 0.0254. The van der Waals surface area contributed by atoms with E-state index in [1.165, 1.54) is 18.2 Å². The molecular formula is C15H12F3NO2. The first kappa shape index (κ1) is 15.1. The molecule has 2 rings (SSSR count). The first-order chi connectivity index (χ1) is 9.99. The van der Waals surface area contributed by atoms with Crippen LogP contribution in [0.3, 0.4) is 0 Å². The van der Waals surface area contributed by atoms with Crippen LogP contribution in [0, 0.1) is 17.5 Å². The van der Waals surface area contributed by atoms with E-state index in [0.29, 0.717) is 6.07 Å². The molecule has 0 aliphatic rings. The van der Waals surface area contributed by atoms with Gasteiger partial charge in [0.15, 0.2) is 0 Å². The molecule has 0 bridgehead atoms. The smallest absolute Gasteiger partial charge is 0.254 e. The van der Waals surface area contributed by atoms with Crippen LogP contribution < -0.4 is 5.32 Å². The van der Waals surface area contributed by atoms with Gasteiger partial charge in [-0.2, -0.15) is 0 Å². The van der Waals surface area contributed by atoms with Crippen molar-refractivity contribution < 1.29 is 23.1 Å². The van der Waals surface area contributed by atoms with E-state index < -0.39 is 29.5 Å². The second-order valence-corrected chi connectivity index (χ2v) is 4.37. The lowest BCUT2D eigenvalue weighted by Gasteiger charge is -2.13. The number of hydrogen-bond acceptors (Lipinski definition) is 2. The molecule has 0 aliphatic carbocycles. The van der Waals surface area contributed by atoms with E-state index in [2.05, 4.69) is 5.32 Å².